The van der Waals surface area contributed by atoms with Crippen molar-refractivity contribution >= 4 is 6.09 Å². The fraction of sp³-hybridized carbons (Fsp3) is 0.889. The summed E-state index contributed by atoms with van der Waals surface area (Å²) in [5.74, 6) is 0. The lowest BCUT2D eigenvalue weighted by Gasteiger charge is -2.30. The zero-order valence-electron chi connectivity index (χ0n) is 8.35. The zero-order valence-corrected chi connectivity index (χ0v) is 8.35. The van der Waals surface area contributed by atoms with Crippen molar-refractivity contribution in [2.75, 3.05) is 19.6 Å². The Hall–Kier alpha value is -0.770. The Kier molecular flexibility index (Phi) is 3.54. The van der Waals surface area contributed by atoms with E-state index in [1.165, 1.54) is 0 Å². The van der Waals surface area contributed by atoms with Gasteiger partial charge in [-0.2, -0.15) is 0 Å². The van der Waals surface area contributed by atoms with Crippen molar-refractivity contribution in [3.05, 3.63) is 0 Å². The highest BCUT2D eigenvalue weighted by Gasteiger charge is 2.40. The number of hydrogen-bond donors (Lipinski definition) is 2. The largest absolute Gasteiger partial charge is 0.441 e. The lowest BCUT2D eigenvalue weighted by molar-refractivity contribution is 0.0316. The highest BCUT2D eigenvalue weighted by molar-refractivity contribution is 5.70. The molecule has 2 heterocycles. The van der Waals surface area contributed by atoms with Crippen molar-refractivity contribution in [3.8, 4) is 0 Å². The van der Waals surface area contributed by atoms with Crippen LogP contribution in [0.3, 0.4) is 0 Å². The van der Waals surface area contributed by atoms with Gasteiger partial charge in [-0.3, -0.25) is 0 Å². The van der Waals surface area contributed by atoms with Gasteiger partial charge in [0.05, 0.1) is 6.54 Å². The molecule has 0 atom stereocenters. The summed E-state index contributed by atoms with van der Waals surface area (Å²) in [6, 6.07) is 0. The molecule has 0 aliphatic carbocycles. The Morgan fingerprint density at radius 2 is 1.92 bits per heavy atom. The molecule has 13 heavy (non-hydrogen) atoms. The minimum atomic E-state index is -0.257. The highest BCUT2D eigenvalue weighted by atomic mass is 16.6. The number of piperidine rings is 1. The van der Waals surface area contributed by atoms with Crippen LogP contribution in [0, 0.1) is 0 Å². The van der Waals surface area contributed by atoms with Gasteiger partial charge in [-0.25, -0.2) is 4.79 Å². The fourth-order valence-electron chi connectivity index (χ4n) is 1.66. The van der Waals surface area contributed by atoms with E-state index in [4.69, 9.17) is 4.74 Å². The molecule has 2 rings (SSSR count). The topological polar surface area (TPSA) is 50.4 Å². The number of hydrogen-bond acceptors (Lipinski definition) is 3. The molecule has 1 spiro atoms. The third-order valence-electron chi connectivity index (χ3n) is 2.38. The molecule has 2 N–H and O–H groups in total. The first-order chi connectivity index (χ1) is 6.31. The van der Waals surface area contributed by atoms with E-state index in [0.29, 0.717) is 6.54 Å². The first-order valence-electron chi connectivity index (χ1n) is 4.98. The van der Waals surface area contributed by atoms with Crippen LogP contribution in [0.2, 0.25) is 0 Å². The van der Waals surface area contributed by atoms with Crippen LogP contribution in [0.4, 0.5) is 4.79 Å². The summed E-state index contributed by atoms with van der Waals surface area (Å²) in [7, 11) is 0. The lowest BCUT2D eigenvalue weighted by Crippen LogP contribution is -2.44. The molecule has 76 valence electrons. The van der Waals surface area contributed by atoms with Gasteiger partial charge < -0.3 is 15.4 Å². The second kappa shape index (κ2) is 4.46. The van der Waals surface area contributed by atoms with Crippen LogP contribution in [0.1, 0.15) is 26.7 Å². The van der Waals surface area contributed by atoms with E-state index in [1.807, 2.05) is 13.8 Å². The van der Waals surface area contributed by atoms with E-state index in [9.17, 15) is 4.79 Å². The molecular weight excluding hydrogens is 168 g/mol. The van der Waals surface area contributed by atoms with Crippen LogP contribution in [0.15, 0.2) is 0 Å². The molecule has 0 aromatic carbocycles. The number of rotatable bonds is 0. The lowest BCUT2D eigenvalue weighted by atomic mass is 9.93. The molecule has 2 aliphatic heterocycles. The number of carbonyl (C=O) groups excluding carboxylic acids is 1. The van der Waals surface area contributed by atoms with Crippen LogP contribution in [0.25, 0.3) is 0 Å². The highest BCUT2D eigenvalue weighted by Crippen LogP contribution is 2.25. The van der Waals surface area contributed by atoms with E-state index >= 15 is 0 Å². The Bertz CT molecular complexity index is 176. The number of alkyl carbamates (subject to hydrolysis) is 1. The SMILES string of the molecule is CC.O=C1NCC2(CCNCC2)O1. The smallest absolute Gasteiger partial charge is 0.407 e. The van der Waals surface area contributed by atoms with Crippen molar-refractivity contribution in [1.82, 2.24) is 10.6 Å². The Labute approximate surface area is 79.0 Å². The van der Waals surface area contributed by atoms with E-state index < -0.39 is 0 Å². The first-order valence-corrected chi connectivity index (χ1v) is 4.98. The standard InChI is InChI=1S/C7H12N2O2.C2H6/c10-6-9-5-7(11-6)1-3-8-4-2-7;1-2/h8H,1-5H2,(H,9,10);1-2H3. The fourth-order valence-corrected chi connectivity index (χ4v) is 1.66. The van der Waals surface area contributed by atoms with Gasteiger partial charge in [-0.05, 0) is 13.1 Å². The number of carbonyl (C=O) groups is 1. The summed E-state index contributed by atoms with van der Waals surface area (Å²) in [5.41, 5.74) is -0.178. The van der Waals surface area contributed by atoms with Crippen molar-refractivity contribution in [3.63, 3.8) is 0 Å². The average molecular weight is 186 g/mol. The normalized spacial score (nSPS) is 24.3. The summed E-state index contributed by atoms with van der Waals surface area (Å²) in [4.78, 5) is 10.8. The number of ether oxygens (including phenoxy) is 1. The molecule has 0 aromatic heterocycles. The summed E-state index contributed by atoms with van der Waals surface area (Å²) < 4.78 is 5.20. The van der Waals surface area contributed by atoms with Gasteiger partial charge in [-0.15, -0.1) is 0 Å². The maximum atomic E-state index is 10.8. The number of amides is 1. The molecule has 0 unspecified atom stereocenters. The molecule has 4 heteroatoms. The van der Waals surface area contributed by atoms with Crippen LogP contribution >= 0.6 is 0 Å². The average Bonchev–Trinajstić information content (AvgIpc) is 2.52. The predicted molar refractivity (Wildman–Crippen MR) is 50.7 cm³/mol. The Morgan fingerprint density at radius 3 is 2.38 bits per heavy atom. The summed E-state index contributed by atoms with van der Waals surface area (Å²) in [6.07, 6.45) is 1.62. The zero-order chi connectivity index (χ0) is 9.73. The number of nitrogens with one attached hydrogen (secondary N) is 2. The molecule has 0 aromatic rings. The molecular formula is C9H18N2O2. The van der Waals surface area contributed by atoms with Crippen molar-refractivity contribution in [1.29, 1.82) is 0 Å². The quantitative estimate of drug-likeness (QED) is 0.590. The van der Waals surface area contributed by atoms with Crippen LogP contribution in [-0.2, 0) is 4.74 Å². The summed E-state index contributed by atoms with van der Waals surface area (Å²) in [5, 5.41) is 5.92. The van der Waals surface area contributed by atoms with Crippen molar-refractivity contribution < 1.29 is 9.53 Å². The minimum Gasteiger partial charge on any atom is -0.441 e. The minimum absolute atomic E-state index is 0.178. The molecule has 2 fully saturated rings. The van der Waals surface area contributed by atoms with Crippen LogP contribution < -0.4 is 10.6 Å². The Balaban J connectivity index is 0.000000396. The molecule has 4 nitrogen and oxygen atoms in total. The van der Waals surface area contributed by atoms with E-state index in [-0.39, 0.29) is 11.7 Å². The van der Waals surface area contributed by atoms with Gasteiger partial charge in [0, 0.05) is 12.8 Å². The molecule has 2 aliphatic rings. The second-order valence-electron chi connectivity index (χ2n) is 3.18. The van der Waals surface area contributed by atoms with Gasteiger partial charge in [0.15, 0.2) is 0 Å². The molecule has 2 saturated heterocycles. The maximum Gasteiger partial charge on any atom is 0.407 e. The molecule has 0 saturated carbocycles. The van der Waals surface area contributed by atoms with Crippen molar-refractivity contribution in [2.24, 2.45) is 0 Å². The van der Waals surface area contributed by atoms with Gasteiger partial charge in [0.1, 0.15) is 5.60 Å². The van der Waals surface area contributed by atoms with Crippen LogP contribution in [0.5, 0.6) is 0 Å². The first kappa shape index (κ1) is 10.3. The summed E-state index contributed by atoms with van der Waals surface area (Å²) >= 11 is 0. The van der Waals surface area contributed by atoms with Crippen LogP contribution in [-0.4, -0.2) is 31.3 Å². The molecule has 0 radical (unpaired) electrons. The van der Waals surface area contributed by atoms with E-state index in [1.54, 1.807) is 0 Å². The van der Waals surface area contributed by atoms with Crippen molar-refractivity contribution in [2.45, 2.75) is 32.3 Å². The monoisotopic (exact) mass is 186 g/mol. The van der Waals surface area contributed by atoms with Gasteiger partial charge in [-0.1, -0.05) is 13.8 Å². The predicted octanol–water partition coefficient (Wildman–Crippen LogP) is 0.875. The van der Waals surface area contributed by atoms with Gasteiger partial charge >= 0.3 is 6.09 Å². The second-order valence-corrected chi connectivity index (χ2v) is 3.18. The molecule has 0 bridgehead atoms. The van der Waals surface area contributed by atoms with Gasteiger partial charge in [0.2, 0.25) is 0 Å². The van der Waals surface area contributed by atoms with E-state index in [2.05, 4.69) is 10.6 Å². The Morgan fingerprint density at radius 1 is 1.31 bits per heavy atom. The van der Waals surface area contributed by atoms with Gasteiger partial charge in [0.25, 0.3) is 0 Å². The third-order valence-corrected chi connectivity index (χ3v) is 2.38. The van der Waals surface area contributed by atoms with E-state index in [0.717, 1.165) is 25.9 Å². The third kappa shape index (κ3) is 2.34. The maximum absolute atomic E-state index is 10.8. The molecule has 1 amide bonds. The summed E-state index contributed by atoms with van der Waals surface area (Å²) in [6.45, 7) is 6.59.